The van der Waals surface area contributed by atoms with Gasteiger partial charge in [-0.3, -0.25) is 4.90 Å². The molecule has 2 fully saturated rings. The molecule has 7 nitrogen and oxygen atoms in total. The van der Waals surface area contributed by atoms with E-state index in [-0.39, 0.29) is 0 Å². The molecule has 1 saturated heterocycles. The van der Waals surface area contributed by atoms with Gasteiger partial charge in [0.15, 0.2) is 11.5 Å². The zero-order chi connectivity index (χ0) is 17.4. The Morgan fingerprint density at radius 3 is 2.36 bits per heavy atom. The minimum Gasteiger partial charge on any atom is -0.424 e. The van der Waals surface area contributed by atoms with Crippen LogP contribution in [0.2, 0.25) is 0 Å². The number of hydrogen-bond acceptors (Lipinski definition) is 7. The highest BCUT2D eigenvalue weighted by Gasteiger charge is 2.33. The zero-order valence-electron chi connectivity index (χ0n) is 13.4. The summed E-state index contributed by atoms with van der Waals surface area (Å²) >= 11 is 0. The highest BCUT2D eigenvalue weighted by Crippen LogP contribution is 2.39. The molecular formula is C15H17F3N6O. The molecule has 2 aromatic rings. The molecule has 1 aliphatic heterocycles. The van der Waals surface area contributed by atoms with Crippen molar-refractivity contribution in [1.82, 2.24) is 25.3 Å². The fourth-order valence-corrected chi connectivity index (χ4v) is 2.80. The second kappa shape index (κ2) is 6.25. The third-order valence-electron chi connectivity index (χ3n) is 4.41. The Kier molecular flexibility index (Phi) is 4.06. The summed E-state index contributed by atoms with van der Waals surface area (Å²) < 4.78 is 43.3. The molecule has 3 heterocycles. The third-order valence-corrected chi connectivity index (χ3v) is 4.41. The van der Waals surface area contributed by atoms with E-state index in [0.29, 0.717) is 37.3 Å². The predicted octanol–water partition coefficient (Wildman–Crippen LogP) is 2.08. The van der Waals surface area contributed by atoms with E-state index in [1.807, 2.05) is 4.90 Å². The lowest BCUT2D eigenvalue weighted by Crippen LogP contribution is -2.46. The van der Waals surface area contributed by atoms with Crippen LogP contribution in [-0.4, -0.2) is 51.5 Å². The van der Waals surface area contributed by atoms with E-state index in [1.165, 1.54) is 6.07 Å². The van der Waals surface area contributed by atoms with E-state index in [1.54, 1.807) is 0 Å². The maximum absolute atomic E-state index is 12.5. The van der Waals surface area contributed by atoms with Crippen molar-refractivity contribution in [2.75, 3.05) is 31.1 Å². The molecule has 1 saturated carbocycles. The third kappa shape index (κ3) is 3.73. The lowest BCUT2D eigenvalue weighted by Gasteiger charge is -2.34. The van der Waals surface area contributed by atoms with Crippen molar-refractivity contribution in [2.24, 2.45) is 0 Å². The number of anilines is 1. The number of alkyl halides is 3. The van der Waals surface area contributed by atoms with E-state index in [9.17, 15) is 13.2 Å². The van der Waals surface area contributed by atoms with Crippen molar-refractivity contribution < 1.29 is 17.6 Å². The molecular weight excluding hydrogens is 337 g/mol. The molecule has 0 unspecified atom stereocenters. The summed E-state index contributed by atoms with van der Waals surface area (Å²) in [5, 5.41) is 15.1. The number of halogens is 3. The first kappa shape index (κ1) is 16.2. The number of aromatic nitrogens is 4. The molecule has 2 aromatic heterocycles. The molecule has 0 amide bonds. The first-order valence-corrected chi connectivity index (χ1v) is 8.19. The smallest absolute Gasteiger partial charge is 0.424 e. The summed E-state index contributed by atoms with van der Waals surface area (Å²) in [6.07, 6.45) is -2.23. The molecule has 0 bridgehead atoms. The molecule has 10 heteroatoms. The lowest BCUT2D eigenvalue weighted by atomic mass is 10.3. The van der Waals surface area contributed by atoms with Gasteiger partial charge in [0.05, 0.1) is 6.54 Å². The zero-order valence-corrected chi connectivity index (χ0v) is 13.4. The number of rotatable bonds is 4. The molecule has 25 heavy (non-hydrogen) atoms. The minimum atomic E-state index is -4.46. The van der Waals surface area contributed by atoms with Gasteiger partial charge < -0.3 is 9.32 Å². The Hall–Kier alpha value is -2.23. The van der Waals surface area contributed by atoms with Crippen LogP contribution in [-0.2, 0) is 12.7 Å². The summed E-state index contributed by atoms with van der Waals surface area (Å²) in [6, 6.07) is 2.33. The van der Waals surface area contributed by atoms with E-state index < -0.39 is 11.9 Å². The second-order valence-electron chi connectivity index (χ2n) is 6.35. The van der Waals surface area contributed by atoms with E-state index in [2.05, 4.69) is 25.3 Å². The van der Waals surface area contributed by atoms with Crippen LogP contribution in [0.15, 0.2) is 16.5 Å². The minimum absolute atomic E-state index is 0.441. The maximum Gasteiger partial charge on any atom is 0.435 e. The largest absolute Gasteiger partial charge is 0.435 e. The Labute approximate surface area is 141 Å². The van der Waals surface area contributed by atoms with Gasteiger partial charge in [0, 0.05) is 32.1 Å². The topological polar surface area (TPSA) is 71.2 Å². The normalized spacial score (nSPS) is 19.4. The van der Waals surface area contributed by atoms with Crippen LogP contribution in [0.1, 0.15) is 36.2 Å². The summed E-state index contributed by atoms with van der Waals surface area (Å²) in [4.78, 5) is 4.10. The standard InChI is InChI=1S/C15H17F3N6O/c16-15(17,18)11-3-4-12(20-19-11)24-7-5-23(6-8-24)9-13-21-22-14(25-13)10-1-2-10/h3-4,10H,1-2,5-9H2. The quantitative estimate of drug-likeness (QED) is 0.832. The fourth-order valence-electron chi connectivity index (χ4n) is 2.80. The predicted molar refractivity (Wildman–Crippen MR) is 80.8 cm³/mol. The summed E-state index contributed by atoms with van der Waals surface area (Å²) in [5.41, 5.74) is -0.974. The van der Waals surface area contributed by atoms with Gasteiger partial charge >= 0.3 is 6.18 Å². The first-order chi connectivity index (χ1) is 12.0. The maximum atomic E-state index is 12.5. The lowest BCUT2D eigenvalue weighted by molar-refractivity contribution is -0.141. The molecule has 134 valence electrons. The Morgan fingerprint density at radius 2 is 1.76 bits per heavy atom. The van der Waals surface area contributed by atoms with Crippen molar-refractivity contribution in [3.63, 3.8) is 0 Å². The van der Waals surface area contributed by atoms with Crippen LogP contribution in [0.25, 0.3) is 0 Å². The van der Waals surface area contributed by atoms with Crippen molar-refractivity contribution in [2.45, 2.75) is 31.5 Å². The van der Waals surface area contributed by atoms with Crippen molar-refractivity contribution in [1.29, 1.82) is 0 Å². The number of hydrogen-bond donors (Lipinski definition) is 0. The van der Waals surface area contributed by atoms with Gasteiger partial charge in [0.2, 0.25) is 11.8 Å². The van der Waals surface area contributed by atoms with Crippen molar-refractivity contribution >= 4 is 5.82 Å². The molecule has 0 spiro atoms. The summed E-state index contributed by atoms with van der Waals surface area (Å²) in [6.45, 7) is 3.38. The van der Waals surface area contributed by atoms with Gasteiger partial charge in [0.25, 0.3) is 0 Å². The SMILES string of the molecule is FC(F)(F)c1ccc(N2CCN(Cc3nnc(C4CC4)o3)CC2)nn1. The molecule has 0 N–H and O–H groups in total. The highest BCUT2D eigenvalue weighted by molar-refractivity contribution is 5.38. The van der Waals surface area contributed by atoms with Crippen LogP contribution in [0.5, 0.6) is 0 Å². The van der Waals surface area contributed by atoms with Crippen LogP contribution in [0.4, 0.5) is 19.0 Å². The average Bonchev–Trinajstić information content (AvgIpc) is 3.35. The van der Waals surface area contributed by atoms with Crippen LogP contribution in [0.3, 0.4) is 0 Å². The molecule has 4 rings (SSSR count). The van der Waals surface area contributed by atoms with Crippen molar-refractivity contribution in [3.05, 3.63) is 29.6 Å². The van der Waals surface area contributed by atoms with Crippen molar-refractivity contribution in [3.8, 4) is 0 Å². The number of piperazine rings is 1. The van der Waals surface area contributed by atoms with E-state index in [4.69, 9.17) is 4.42 Å². The van der Waals surface area contributed by atoms with Gasteiger partial charge in [0.1, 0.15) is 0 Å². The van der Waals surface area contributed by atoms with Gasteiger partial charge in [-0.25, -0.2) is 0 Å². The molecule has 0 radical (unpaired) electrons. The van der Waals surface area contributed by atoms with Crippen LogP contribution >= 0.6 is 0 Å². The van der Waals surface area contributed by atoms with Gasteiger partial charge in [-0.2, -0.15) is 13.2 Å². The van der Waals surface area contributed by atoms with Gasteiger partial charge in [-0.05, 0) is 25.0 Å². The highest BCUT2D eigenvalue weighted by atomic mass is 19.4. The average molecular weight is 354 g/mol. The number of nitrogens with zero attached hydrogens (tertiary/aromatic N) is 6. The fraction of sp³-hybridized carbons (Fsp3) is 0.600. The van der Waals surface area contributed by atoms with Gasteiger partial charge in [-0.1, -0.05) is 0 Å². The van der Waals surface area contributed by atoms with Crippen LogP contribution in [0, 0.1) is 0 Å². The Morgan fingerprint density at radius 1 is 1.00 bits per heavy atom. The Balaban J connectivity index is 1.31. The van der Waals surface area contributed by atoms with E-state index >= 15 is 0 Å². The molecule has 0 atom stereocenters. The monoisotopic (exact) mass is 354 g/mol. The van der Waals surface area contributed by atoms with Gasteiger partial charge in [-0.15, -0.1) is 20.4 Å². The molecule has 0 aromatic carbocycles. The summed E-state index contributed by atoms with van der Waals surface area (Å²) in [7, 11) is 0. The van der Waals surface area contributed by atoms with E-state index in [0.717, 1.165) is 37.9 Å². The van der Waals surface area contributed by atoms with Crippen LogP contribution < -0.4 is 4.90 Å². The summed E-state index contributed by atoms with van der Waals surface area (Å²) in [5.74, 6) is 2.25. The second-order valence-corrected chi connectivity index (χ2v) is 6.35. The molecule has 2 aliphatic rings. The Bertz CT molecular complexity index is 720. The first-order valence-electron chi connectivity index (χ1n) is 8.19. The molecule has 1 aliphatic carbocycles.